The van der Waals surface area contributed by atoms with E-state index in [2.05, 4.69) is 18.1 Å². The van der Waals surface area contributed by atoms with Crippen molar-refractivity contribution in [2.24, 2.45) is 0 Å². The summed E-state index contributed by atoms with van der Waals surface area (Å²) in [6.45, 7) is 9.62. The Balaban J connectivity index is 2.40. The van der Waals surface area contributed by atoms with Crippen molar-refractivity contribution in [1.82, 2.24) is 4.90 Å². The fraction of sp³-hybridized carbons (Fsp3) is 0.667. The van der Waals surface area contributed by atoms with Gasteiger partial charge in [0.05, 0.1) is 0 Å². The van der Waals surface area contributed by atoms with Gasteiger partial charge in [-0.2, -0.15) is 0 Å². The fourth-order valence-electron chi connectivity index (χ4n) is 2.15. The van der Waals surface area contributed by atoms with E-state index in [1.54, 1.807) is 0 Å². The molecular formula is C12H21N. The average Bonchev–Trinajstić information content (AvgIpc) is 2.19. The lowest BCUT2D eigenvalue weighted by Gasteiger charge is -2.32. The molecular weight excluding hydrogens is 158 g/mol. The van der Waals surface area contributed by atoms with Crippen LogP contribution in [-0.4, -0.2) is 24.0 Å². The monoisotopic (exact) mass is 179 g/mol. The molecule has 1 fully saturated rings. The number of rotatable bonds is 5. The van der Waals surface area contributed by atoms with Crippen LogP contribution in [0.3, 0.4) is 0 Å². The van der Waals surface area contributed by atoms with Crippen molar-refractivity contribution in [3.63, 3.8) is 0 Å². The van der Waals surface area contributed by atoms with Crippen molar-refractivity contribution in [2.45, 2.75) is 38.1 Å². The second-order valence-electron chi connectivity index (χ2n) is 3.82. The van der Waals surface area contributed by atoms with Crippen LogP contribution >= 0.6 is 0 Å². The molecule has 0 amide bonds. The first-order chi connectivity index (χ1) is 6.38. The Morgan fingerprint density at radius 3 is 2.00 bits per heavy atom. The quantitative estimate of drug-likeness (QED) is 0.586. The molecule has 74 valence electrons. The Kier molecular flexibility index (Phi) is 4.84. The van der Waals surface area contributed by atoms with Crippen LogP contribution in [0.15, 0.2) is 25.3 Å². The van der Waals surface area contributed by atoms with Crippen molar-refractivity contribution in [3.05, 3.63) is 25.3 Å². The van der Waals surface area contributed by atoms with E-state index < -0.39 is 0 Å². The molecule has 0 saturated heterocycles. The van der Waals surface area contributed by atoms with Gasteiger partial charge in [0, 0.05) is 19.1 Å². The molecule has 1 aliphatic carbocycles. The third kappa shape index (κ3) is 3.35. The highest BCUT2D eigenvalue weighted by molar-refractivity contribution is 4.85. The van der Waals surface area contributed by atoms with E-state index in [1.165, 1.54) is 32.1 Å². The lowest BCUT2D eigenvalue weighted by Crippen LogP contribution is -2.36. The van der Waals surface area contributed by atoms with Crippen LogP contribution < -0.4 is 0 Å². The summed E-state index contributed by atoms with van der Waals surface area (Å²) in [4.78, 5) is 2.49. The number of hydrogen-bond donors (Lipinski definition) is 0. The standard InChI is InChI=1S/C12H21N/c1-3-10-13(11-4-2)12-8-6-5-7-9-12/h3-4,12H,1-2,5-11H2. The molecule has 0 aromatic rings. The van der Waals surface area contributed by atoms with Gasteiger partial charge in [-0.05, 0) is 12.8 Å². The van der Waals surface area contributed by atoms with Gasteiger partial charge in [-0.1, -0.05) is 31.4 Å². The molecule has 0 atom stereocenters. The summed E-state index contributed by atoms with van der Waals surface area (Å²) in [7, 11) is 0. The normalized spacial score (nSPS) is 18.8. The molecule has 1 aliphatic rings. The van der Waals surface area contributed by atoms with Crippen LogP contribution in [0.5, 0.6) is 0 Å². The van der Waals surface area contributed by atoms with Crippen molar-refractivity contribution in [3.8, 4) is 0 Å². The van der Waals surface area contributed by atoms with Crippen LogP contribution in [0.1, 0.15) is 32.1 Å². The van der Waals surface area contributed by atoms with Crippen LogP contribution in [-0.2, 0) is 0 Å². The molecule has 1 nitrogen and oxygen atoms in total. The van der Waals surface area contributed by atoms with Crippen molar-refractivity contribution in [1.29, 1.82) is 0 Å². The molecule has 0 unspecified atom stereocenters. The minimum Gasteiger partial charge on any atom is -0.293 e. The SMILES string of the molecule is C=CCN(CC=C)C1CCCCC1. The maximum Gasteiger partial charge on any atom is 0.0166 e. The highest BCUT2D eigenvalue weighted by Gasteiger charge is 2.18. The lowest BCUT2D eigenvalue weighted by molar-refractivity contribution is 0.189. The third-order valence-electron chi connectivity index (χ3n) is 2.82. The second-order valence-corrected chi connectivity index (χ2v) is 3.82. The molecule has 0 N–H and O–H groups in total. The summed E-state index contributed by atoms with van der Waals surface area (Å²) in [5.74, 6) is 0. The summed E-state index contributed by atoms with van der Waals surface area (Å²) in [6, 6.07) is 0.782. The van der Waals surface area contributed by atoms with Gasteiger partial charge in [-0.25, -0.2) is 0 Å². The van der Waals surface area contributed by atoms with E-state index in [4.69, 9.17) is 0 Å². The van der Waals surface area contributed by atoms with Crippen molar-refractivity contribution < 1.29 is 0 Å². The predicted molar refractivity (Wildman–Crippen MR) is 58.8 cm³/mol. The van der Waals surface area contributed by atoms with Gasteiger partial charge in [0.2, 0.25) is 0 Å². The van der Waals surface area contributed by atoms with Gasteiger partial charge in [-0.15, -0.1) is 13.2 Å². The number of hydrogen-bond acceptors (Lipinski definition) is 1. The Labute approximate surface area is 82.1 Å². The van der Waals surface area contributed by atoms with E-state index in [-0.39, 0.29) is 0 Å². The van der Waals surface area contributed by atoms with E-state index in [1.807, 2.05) is 12.2 Å². The largest absolute Gasteiger partial charge is 0.293 e. The number of nitrogens with zero attached hydrogens (tertiary/aromatic N) is 1. The molecule has 0 radical (unpaired) electrons. The Bertz CT molecular complexity index is 147. The molecule has 13 heavy (non-hydrogen) atoms. The highest BCUT2D eigenvalue weighted by Crippen LogP contribution is 2.22. The van der Waals surface area contributed by atoms with E-state index in [0.717, 1.165) is 19.1 Å². The topological polar surface area (TPSA) is 3.24 Å². The van der Waals surface area contributed by atoms with Crippen molar-refractivity contribution in [2.75, 3.05) is 13.1 Å². The summed E-state index contributed by atoms with van der Waals surface area (Å²) in [6.07, 6.45) is 10.9. The molecule has 0 spiro atoms. The third-order valence-corrected chi connectivity index (χ3v) is 2.82. The van der Waals surface area contributed by atoms with Gasteiger partial charge >= 0.3 is 0 Å². The first-order valence-corrected chi connectivity index (χ1v) is 5.34. The molecule has 0 aromatic heterocycles. The summed E-state index contributed by atoms with van der Waals surface area (Å²) in [5.41, 5.74) is 0. The zero-order chi connectivity index (χ0) is 9.52. The van der Waals surface area contributed by atoms with Crippen LogP contribution in [0.4, 0.5) is 0 Å². The smallest absolute Gasteiger partial charge is 0.0166 e. The van der Waals surface area contributed by atoms with Gasteiger partial charge in [0.1, 0.15) is 0 Å². The lowest BCUT2D eigenvalue weighted by atomic mass is 9.94. The van der Waals surface area contributed by atoms with Crippen molar-refractivity contribution >= 4 is 0 Å². The maximum atomic E-state index is 3.80. The first kappa shape index (κ1) is 10.5. The zero-order valence-corrected chi connectivity index (χ0v) is 8.54. The summed E-state index contributed by atoms with van der Waals surface area (Å²) >= 11 is 0. The minimum atomic E-state index is 0.782. The molecule has 1 heteroatoms. The van der Waals surface area contributed by atoms with E-state index in [0.29, 0.717) is 0 Å². The predicted octanol–water partition coefficient (Wildman–Crippen LogP) is 2.99. The Hall–Kier alpha value is -0.560. The maximum absolute atomic E-state index is 3.80. The highest BCUT2D eigenvalue weighted by atomic mass is 15.1. The van der Waals surface area contributed by atoms with Gasteiger partial charge in [0.25, 0.3) is 0 Å². The van der Waals surface area contributed by atoms with Crippen LogP contribution in [0.25, 0.3) is 0 Å². The van der Waals surface area contributed by atoms with Crippen LogP contribution in [0.2, 0.25) is 0 Å². The molecule has 1 saturated carbocycles. The molecule has 0 aromatic carbocycles. The summed E-state index contributed by atoms with van der Waals surface area (Å²) in [5, 5.41) is 0. The molecule has 1 rings (SSSR count). The summed E-state index contributed by atoms with van der Waals surface area (Å²) < 4.78 is 0. The van der Waals surface area contributed by atoms with Gasteiger partial charge in [-0.3, -0.25) is 4.90 Å². The first-order valence-electron chi connectivity index (χ1n) is 5.34. The Morgan fingerprint density at radius 2 is 1.54 bits per heavy atom. The Morgan fingerprint density at radius 1 is 1.00 bits per heavy atom. The fourth-order valence-corrected chi connectivity index (χ4v) is 2.15. The van der Waals surface area contributed by atoms with E-state index in [9.17, 15) is 0 Å². The molecule has 0 bridgehead atoms. The van der Waals surface area contributed by atoms with E-state index >= 15 is 0 Å². The van der Waals surface area contributed by atoms with Crippen LogP contribution in [0, 0.1) is 0 Å². The van der Waals surface area contributed by atoms with Gasteiger partial charge in [0.15, 0.2) is 0 Å². The molecule has 0 heterocycles. The zero-order valence-electron chi connectivity index (χ0n) is 8.54. The average molecular weight is 179 g/mol. The molecule has 0 aliphatic heterocycles. The minimum absolute atomic E-state index is 0.782. The van der Waals surface area contributed by atoms with Gasteiger partial charge < -0.3 is 0 Å². The second kappa shape index (κ2) is 5.98.